The Hall–Kier alpha value is -0.0151. The van der Waals surface area contributed by atoms with Gasteiger partial charge in [0.1, 0.15) is 0 Å². The molecule has 2 N–H and O–H groups in total. The average Bonchev–Trinajstić information content (AvgIpc) is 1.82. The zero-order valence-corrected chi connectivity index (χ0v) is 8.08. The first-order chi connectivity index (χ1) is 5.49. The lowest BCUT2D eigenvalue weighted by Crippen LogP contribution is -2.26. The maximum Gasteiger partial charge on any atom is 0.451 e. The summed E-state index contributed by atoms with van der Waals surface area (Å²) >= 11 is 0. The molecule has 2 nitrogen and oxygen atoms in total. The molecule has 0 bridgehead atoms. The molecule has 1 atom stereocenters. The highest BCUT2D eigenvalue weighted by Gasteiger charge is 2.29. The summed E-state index contributed by atoms with van der Waals surface area (Å²) in [6.45, 7) is 4.53. The monoisotopic (exact) mass is 170 g/mol. The van der Waals surface area contributed by atoms with Crippen LogP contribution in [0.15, 0.2) is 0 Å². The largest absolute Gasteiger partial charge is 0.451 e. The van der Waals surface area contributed by atoms with Crippen molar-refractivity contribution in [3.05, 3.63) is 0 Å². The van der Waals surface area contributed by atoms with E-state index in [0.29, 0.717) is 17.7 Å². The first-order valence-corrected chi connectivity index (χ1v) is 4.86. The van der Waals surface area contributed by atoms with Crippen LogP contribution in [0.1, 0.15) is 39.5 Å². The molecule has 0 aromatic rings. The molecule has 1 unspecified atom stereocenters. The summed E-state index contributed by atoms with van der Waals surface area (Å²) in [6.07, 6.45) is 5.39. The molecular formula is C9H19BO2. The summed E-state index contributed by atoms with van der Waals surface area (Å²) in [4.78, 5) is 0. The molecule has 12 heavy (non-hydrogen) atoms. The lowest BCUT2D eigenvalue weighted by molar-refractivity contribution is 0.185. The lowest BCUT2D eigenvalue weighted by Gasteiger charge is -2.35. The molecule has 1 fully saturated rings. The topological polar surface area (TPSA) is 40.5 Å². The van der Waals surface area contributed by atoms with Gasteiger partial charge >= 0.3 is 7.12 Å². The van der Waals surface area contributed by atoms with E-state index in [0.717, 1.165) is 6.42 Å². The van der Waals surface area contributed by atoms with E-state index in [-0.39, 0.29) is 0 Å². The Morgan fingerprint density at radius 2 is 2.08 bits per heavy atom. The van der Waals surface area contributed by atoms with Crippen LogP contribution in [0, 0.1) is 11.3 Å². The molecule has 0 spiro atoms. The van der Waals surface area contributed by atoms with E-state index in [1.54, 1.807) is 0 Å². The van der Waals surface area contributed by atoms with Crippen molar-refractivity contribution in [1.29, 1.82) is 0 Å². The quantitative estimate of drug-likeness (QED) is 0.619. The molecular weight excluding hydrogens is 151 g/mol. The second-order valence-corrected chi connectivity index (χ2v) is 4.84. The molecule has 1 saturated carbocycles. The van der Waals surface area contributed by atoms with Gasteiger partial charge in [-0.15, -0.1) is 0 Å². The van der Waals surface area contributed by atoms with Crippen LogP contribution in [0.3, 0.4) is 0 Å². The minimum Gasteiger partial charge on any atom is -0.427 e. The van der Waals surface area contributed by atoms with Gasteiger partial charge in [0.05, 0.1) is 0 Å². The summed E-state index contributed by atoms with van der Waals surface area (Å²) in [5.41, 5.74) is 0.414. The zero-order valence-electron chi connectivity index (χ0n) is 8.08. The molecule has 0 aromatic carbocycles. The van der Waals surface area contributed by atoms with Crippen LogP contribution >= 0.6 is 0 Å². The van der Waals surface area contributed by atoms with Crippen LogP contribution in [0.2, 0.25) is 6.32 Å². The van der Waals surface area contributed by atoms with Crippen molar-refractivity contribution in [3.8, 4) is 0 Å². The van der Waals surface area contributed by atoms with Gasteiger partial charge in [0.15, 0.2) is 0 Å². The van der Waals surface area contributed by atoms with Crippen molar-refractivity contribution in [1.82, 2.24) is 0 Å². The molecule has 3 heteroatoms. The van der Waals surface area contributed by atoms with Gasteiger partial charge < -0.3 is 10.0 Å². The summed E-state index contributed by atoms with van der Waals surface area (Å²) in [6, 6.07) is 0. The highest BCUT2D eigenvalue weighted by atomic mass is 16.4. The van der Waals surface area contributed by atoms with Crippen LogP contribution in [-0.4, -0.2) is 17.2 Å². The van der Waals surface area contributed by atoms with Crippen molar-refractivity contribution < 1.29 is 10.0 Å². The second-order valence-electron chi connectivity index (χ2n) is 4.84. The Morgan fingerprint density at radius 3 is 2.58 bits per heavy atom. The van der Waals surface area contributed by atoms with E-state index in [9.17, 15) is 0 Å². The average molecular weight is 170 g/mol. The summed E-state index contributed by atoms with van der Waals surface area (Å²) < 4.78 is 0. The highest BCUT2D eigenvalue weighted by molar-refractivity contribution is 6.41. The fourth-order valence-electron chi connectivity index (χ4n) is 2.35. The molecule has 1 aliphatic rings. The van der Waals surface area contributed by atoms with Crippen molar-refractivity contribution in [3.63, 3.8) is 0 Å². The SMILES string of the molecule is CC1(C)CCCC(CB(O)O)C1. The molecule has 0 heterocycles. The van der Waals surface area contributed by atoms with Crippen LogP contribution in [-0.2, 0) is 0 Å². The van der Waals surface area contributed by atoms with Crippen molar-refractivity contribution in [2.24, 2.45) is 11.3 Å². The van der Waals surface area contributed by atoms with Crippen molar-refractivity contribution in [2.45, 2.75) is 45.9 Å². The van der Waals surface area contributed by atoms with Crippen molar-refractivity contribution in [2.75, 3.05) is 0 Å². The highest BCUT2D eigenvalue weighted by Crippen LogP contribution is 2.40. The maximum atomic E-state index is 8.83. The normalized spacial score (nSPS) is 28.5. The predicted molar refractivity (Wildman–Crippen MR) is 50.7 cm³/mol. The van der Waals surface area contributed by atoms with Gasteiger partial charge in [0.2, 0.25) is 0 Å². The molecule has 0 aliphatic heterocycles. The van der Waals surface area contributed by atoms with Crippen LogP contribution < -0.4 is 0 Å². The van der Waals surface area contributed by atoms with Gasteiger partial charge in [-0.05, 0) is 30.5 Å². The van der Waals surface area contributed by atoms with Gasteiger partial charge in [-0.2, -0.15) is 0 Å². The predicted octanol–water partition coefficient (Wildman–Crippen LogP) is 1.68. The zero-order chi connectivity index (χ0) is 9.19. The molecule has 70 valence electrons. The van der Waals surface area contributed by atoms with Gasteiger partial charge in [0, 0.05) is 0 Å². The van der Waals surface area contributed by atoms with Crippen LogP contribution in [0.25, 0.3) is 0 Å². The molecule has 0 aromatic heterocycles. The molecule has 0 saturated heterocycles. The smallest absolute Gasteiger partial charge is 0.427 e. The first-order valence-electron chi connectivity index (χ1n) is 4.86. The third kappa shape index (κ3) is 3.15. The Bertz CT molecular complexity index is 145. The van der Waals surface area contributed by atoms with Gasteiger partial charge in [-0.3, -0.25) is 0 Å². The van der Waals surface area contributed by atoms with Gasteiger partial charge in [-0.25, -0.2) is 0 Å². The fraction of sp³-hybridized carbons (Fsp3) is 1.00. The third-order valence-electron chi connectivity index (χ3n) is 2.85. The summed E-state index contributed by atoms with van der Waals surface area (Å²) in [5.74, 6) is 0.522. The summed E-state index contributed by atoms with van der Waals surface area (Å²) in [7, 11) is -1.11. The van der Waals surface area contributed by atoms with Crippen molar-refractivity contribution >= 4 is 7.12 Å². The van der Waals surface area contributed by atoms with E-state index in [1.807, 2.05) is 0 Å². The van der Waals surface area contributed by atoms with E-state index in [1.165, 1.54) is 19.3 Å². The molecule has 1 rings (SSSR count). The standard InChI is InChI=1S/C9H19BO2/c1-9(2)5-3-4-8(6-9)7-10(11)12/h8,11-12H,3-7H2,1-2H3. The molecule has 0 radical (unpaired) electrons. The number of hydrogen-bond donors (Lipinski definition) is 2. The first kappa shape index (κ1) is 10.1. The van der Waals surface area contributed by atoms with E-state index < -0.39 is 7.12 Å². The number of hydrogen-bond acceptors (Lipinski definition) is 2. The minimum atomic E-state index is -1.11. The Balaban J connectivity index is 2.36. The maximum absolute atomic E-state index is 8.83. The van der Waals surface area contributed by atoms with Gasteiger partial charge in [0.25, 0.3) is 0 Å². The van der Waals surface area contributed by atoms with E-state index >= 15 is 0 Å². The minimum absolute atomic E-state index is 0.414. The fourth-order valence-corrected chi connectivity index (χ4v) is 2.35. The molecule has 0 amide bonds. The second kappa shape index (κ2) is 3.80. The molecule has 1 aliphatic carbocycles. The number of rotatable bonds is 2. The Labute approximate surface area is 75.1 Å². The summed E-state index contributed by atoms with van der Waals surface area (Å²) in [5, 5.41) is 17.7. The van der Waals surface area contributed by atoms with Crippen LogP contribution in [0.4, 0.5) is 0 Å². The third-order valence-corrected chi connectivity index (χ3v) is 2.85. The van der Waals surface area contributed by atoms with Gasteiger partial charge in [-0.1, -0.05) is 26.7 Å². The lowest BCUT2D eigenvalue weighted by atomic mass is 9.65. The Kier molecular flexibility index (Phi) is 3.19. The van der Waals surface area contributed by atoms with E-state index in [2.05, 4.69) is 13.8 Å². The van der Waals surface area contributed by atoms with Crippen LogP contribution in [0.5, 0.6) is 0 Å². The Morgan fingerprint density at radius 1 is 1.42 bits per heavy atom. The van der Waals surface area contributed by atoms with E-state index in [4.69, 9.17) is 10.0 Å².